The smallest absolute Gasteiger partial charge is 0 e. The standard InChI is InChI=1S/4Rh.Ru. The van der Waals surface area contributed by atoms with Gasteiger partial charge in [0.15, 0.2) is 0 Å². The van der Waals surface area contributed by atoms with Gasteiger partial charge in [0, 0.05) is 97.4 Å². The Bertz CT molecular complexity index is 3.61. The largest absolute Gasteiger partial charge is 0 e. The van der Waals surface area contributed by atoms with E-state index in [1.807, 2.05) is 0 Å². The van der Waals surface area contributed by atoms with E-state index in [0.29, 0.717) is 0 Å². The van der Waals surface area contributed by atoms with Crippen LogP contribution in [0.2, 0.25) is 0 Å². The molecule has 0 bridgehead atoms. The molecule has 0 unspecified atom stereocenters. The molecular formula is Rh4Ru. The Morgan fingerprint density at radius 1 is 0.400 bits per heavy atom. The molecule has 0 aliphatic carbocycles. The van der Waals surface area contributed by atoms with Crippen molar-refractivity contribution in [3.8, 4) is 0 Å². The Morgan fingerprint density at radius 2 is 0.400 bits per heavy atom. The minimum Gasteiger partial charge on any atom is 0 e. The molecule has 5 heavy (non-hydrogen) atoms. The molecule has 0 saturated carbocycles. The molecule has 0 aromatic rings. The van der Waals surface area contributed by atoms with Crippen molar-refractivity contribution in [3.63, 3.8) is 0 Å². The second-order valence-electron chi connectivity index (χ2n) is 0. The van der Waals surface area contributed by atoms with Gasteiger partial charge in [-0.25, -0.2) is 0 Å². The molecule has 0 fully saturated rings. The Balaban J connectivity index is 0. The quantitative estimate of drug-likeness (QED) is 0.401. The van der Waals surface area contributed by atoms with E-state index in [-0.39, 0.29) is 97.4 Å². The van der Waals surface area contributed by atoms with Crippen LogP contribution in [0.5, 0.6) is 0 Å². The maximum Gasteiger partial charge on any atom is 0 e. The Morgan fingerprint density at radius 3 is 0.400 bits per heavy atom. The topological polar surface area (TPSA) is 0 Å². The molecule has 0 heterocycles. The van der Waals surface area contributed by atoms with Gasteiger partial charge in [0.25, 0.3) is 0 Å². The maximum atomic E-state index is 0. The van der Waals surface area contributed by atoms with Crippen LogP contribution in [-0.2, 0) is 97.4 Å². The van der Waals surface area contributed by atoms with Gasteiger partial charge in [0.1, 0.15) is 0 Å². The number of rotatable bonds is 0. The van der Waals surface area contributed by atoms with Crippen LogP contribution in [0.25, 0.3) is 0 Å². The van der Waals surface area contributed by atoms with Crippen LogP contribution >= 0.6 is 0 Å². The van der Waals surface area contributed by atoms with Crippen LogP contribution in [0.3, 0.4) is 0 Å². The summed E-state index contributed by atoms with van der Waals surface area (Å²) in [4.78, 5) is 0. The molecule has 0 nitrogen and oxygen atoms in total. The first-order valence-electron chi connectivity index (χ1n) is 0. The van der Waals surface area contributed by atoms with E-state index in [0.717, 1.165) is 0 Å². The molecule has 0 aliphatic heterocycles. The van der Waals surface area contributed by atoms with Crippen LogP contribution in [0, 0.1) is 0 Å². The average Bonchev–Trinajstić information content (AvgIpc) is 0. The molecule has 0 atom stereocenters. The predicted molar refractivity (Wildman–Crippen MR) is 0 cm³/mol. The number of hydrogen-bond donors (Lipinski definition) is 0. The van der Waals surface area contributed by atoms with Gasteiger partial charge in [-0.15, -0.1) is 0 Å². The van der Waals surface area contributed by atoms with Gasteiger partial charge in [-0.1, -0.05) is 0 Å². The first-order chi connectivity index (χ1) is 0. The summed E-state index contributed by atoms with van der Waals surface area (Å²) in [6.45, 7) is 0. The van der Waals surface area contributed by atoms with Crippen molar-refractivity contribution in [2.24, 2.45) is 0 Å². The second kappa shape index (κ2) is 27.4. The fourth-order valence-electron chi connectivity index (χ4n) is 0. The van der Waals surface area contributed by atoms with Gasteiger partial charge < -0.3 is 0 Å². The van der Waals surface area contributed by atoms with Crippen LogP contribution in [0.15, 0.2) is 0 Å². The molecule has 4 radical (unpaired) electrons. The van der Waals surface area contributed by atoms with Crippen molar-refractivity contribution in [3.05, 3.63) is 0 Å². The van der Waals surface area contributed by atoms with Gasteiger partial charge in [-0.05, 0) is 0 Å². The van der Waals surface area contributed by atoms with E-state index < -0.39 is 0 Å². The van der Waals surface area contributed by atoms with Crippen LogP contribution < -0.4 is 0 Å². The Kier molecular flexibility index (Phi) is 232. The van der Waals surface area contributed by atoms with Crippen LogP contribution in [0.1, 0.15) is 0 Å². The monoisotopic (exact) mass is 514 g/mol. The molecular weight excluding hydrogens is 513 g/mol. The van der Waals surface area contributed by atoms with Crippen molar-refractivity contribution in [1.82, 2.24) is 0 Å². The van der Waals surface area contributed by atoms with Crippen molar-refractivity contribution < 1.29 is 97.4 Å². The van der Waals surface area contributed by atoms with Gasteiger partial charge in [0.05, 0.1) is 0 Å². The van der Waals surface area contributed by atoms with Crippen molar-refractivity contribution in [2.45, 2.75) is 0 Å². The minimum atomic E-state index is 0. The number of hydrogen-bond acceptors (Lipinski definition) is 0. The maximum absolute atomic E-state index is 0. The summed E-state index contributed by atoms with van der Waals surface area (Å²) in [5.74, 6) is 0. The van der Waals surface area contributed by atoms with Crippen LogP contribution in [0.4, 0.5) is 0 Å². The molecule has 0 rings (SSSR count). The summed E-state index contributed by atoms with van der Waals surface area (Å²) in [6, 6.07) is 0. The van der Waals surface area contributed by atoms with Crippen molar-refractivity contribution in [1.29, 1.82) is 0 Å². The van der Waals surface area contributed by atoms with E-state index >= 15 is 0 Å². The SMILES string of the molecule is [Rh].[Rh].[Rh].[Rh].[Ru]. The summed E-state index contributed by atoms with van der Waals surface area (Å²) in [6.07, 6.45) is 0. The fraction of sp³-hybridized carbons (Fsp3) is 0. The van der Waals surface area contributed by atoms with Gasteiger partial charge >= 0.3 is 0 Å². The summed E-state index contributed by atoms with van der Waals surface area (Å²) in [5.41, 5.74) is 0. The molecule has 0 aromatic heterocycles. The molecule has 0 aromatic carbocycles. The third kappa shape index (κ3) is 19.2. The van der Waals surface area contributed by atoms with E-state index in [2.05, 4.69) is 0 Å². The molecule has 0 amide bonds. The molecule has 0 saturated heterocycles. The summed E-state index contributed by atoms with van der Waals surface area (Å²) >= 11 is 0. The van der Waals surface area contributed by atoms with Gasteiger partial charge in [-0.3, -0.25) is 0 Å². The zero-order valence-corrected chi connectivity index (χ0v) is 9.98. The van der Waals surface area contributed by atoms with E-state index in [1.165, 1.54) is 0 Å². The van der Waals surface area contributed by atoms with E-state index in [9.17, 15) is 0 Å². The molecule has 0 aliphatic rings. The van der Waals surface area contributed by atoms with Crippen LogP contribution in [-0.4, -0.2) is 0 Å². The fourth-order valence-corrected chi connectivity index (χ4v) is 0. The Labute approximate surface area is 95.8 Å². The first kappa shape index (κ1) is 42.3. The zero-order valence-electron chi connectivity index (χ0n) is 1.69. The summed E-state index contributed by atoms with van der Waals surface area (Å²) in [7, 11) is 0. The molecule has 44 valence electrons. The van der Waals surface area contributed by atoms with Gasteiger partial charge in [0.2, 0.25) is 0 Å². The summed E-state index contributed by atoms with van der Waals surface area (Å²) < 4.78 is 0. The molecule has 5 heteroatoms. The van der Waals surface area contributed by atoms with Crippen molar-refractivity contribution in [2.75, 3.05) is 0 Å². The first-order valence-corrected chi connectivity index (χ1v) is 0. The molecule has 0 spiro atoms. The minimum absolute atomic E-state index is 0. The third-order valence-corrected chi connectivity index (χ3v) is 0. The van der Waals surface area contributed by atoms with Crippen molar-refractivity contribution >= 4 is 0 Å². The van der Waals surface area contributed by atoms with E-state index in [1.54, 1.807) is 0 Å². The second-order valence-corrected chi connectivity index (χ2v) is 0. The van der Waals surface area contributed by atoms with Gasteiger partial charge in [-0.2, -0.15) is 0 Å². The zero-order chi connectivity index (χ0) is 0. The van der Waals surface area contributed by atoms with E-state index in [4.69, 9.17) is 0 Å². The summed E-state index contributed by atoms with van der Waals surface area (Å²) in [5, 5.41) is 0. The Hall–Kier alpha value is 3.12. The molecule has 0 N–H and O–H groups in total. The third-order valence-electron chi connectivity index (χ3n) is 0. The predicted octanol–water partition coefficient (Wildman–Crippen LogP) is -0.0125. The average molecular weight is 513 g/mol. The normalized spacial score (nSPS) is 0.